The van der Waals surface area contributed by atoms with Crippen LogP contribution in [0, 0.1) is 5.92 Å². The lowest BCUT2D eigenvalue weighted by atomic mass is 9.98. The molecule has 1 aromatic heterocycles. The van der Waals surface area contributed by atoms with Crippen LogP contribution in [0.15, 0.2) is 22.8 Å². The lowest BCUT2D eigenvalue weighted by molar-refractivity contribution is 0.389. The van der Waals surface area contributed by atoms with Crippen LogP contribution in [0.3, 0.4) is 0 Å². The average molecular weight is 183 g/mol. The largest absolute Gasteiger partial charge is 0.468 e. The van der Waals surface area contributed by atoms with E-state index >= 15 is 0 Å². The lowest BCUT2D eigenvalue weighted by Crippen LogP contribution is -2.20. The third-order valence-corrected chi connectivity index (χ3v) is 3.53. The highest BCUT2D eigenvalue weighted by Crippen LogP contribution is 2.32. The molecule has 2 heterocycles. The summed E-state index contributed by atoms with van der Waals surface area (Å²) in [5, 5.41) is 0. The van der Waals surface area contributed by atoms with E-state index in [1.165, 1.54) is 17.9 Å². The van der Waals surface area contributed by atoms with E-state index in [-0.39, 0.29) is 6.04 Å². The first kappa shape index (κ1) is 8.20. The summed E-state index contributed by atoms with van der Waals surface area (Å²) in [5.74, 6) is 3.98. The van der Waals surface area contributed by atoms with Gasteiger partial charge in [0, 0.05) is 0 Å². The molecule has 0 bridgehead atoms. The molecule has 1 aliphatic rings. The summed E-state index contributed by atoms with van der Waals surface area (Å²) in [5.41, 5.74) is 6.04. The first-order valence-electron chi connectivity index (χ1n) is 4.24. The van der Waals surface area contributed by atoms with Crippen LogP contribution in [0.1, 0.15) is 18.2 Å². The van der Waals surface area contributed by atoms with E-state index in [4.69, 9.17) is 10.2 Å². The Kier molecular flexibility index (Phi) is 2.42. The van der Waals surface area contributed by atoms with Gasteiger partial charge in [0.05, 0.1) is 12.3 Å². The Balaban J connectivity index is 2.04. The van der Waals surface area contributed by atoms with E-state index in [0.29, 0.717) is 5.92 Å². The van der Waals surface area contributed by atoms with E-state index in [1.807, 2.05) is 23.9 Å². The smallest absolute Gasteiger partial charge is 0.120 e. The molecule has 0 aliphatic carbocycles. The topological polar surface area (TPSA) is 39.2 Å². The van der Waals surface area contributed by atoms with Crippen molar-refractivity contribution in [3.05, 3.63) is 24.2 Å². The van der Waals surface area contributed by atoms with Gasteiger partial charge in [-0.1, -0.05) is 0 Å². The third-order valence-electron chi connectivity index (χ3n) is 2.34. The Morgan fingerprint density at radius 1 is 1.67 bits per heavy atom. The molecule has 1 saturated heterocycles. The molecular formula is C9H13NOS. The van der Waals surface area contributed by atoms with E-state index in [0.717, 1.165) is 5.76 Å². The summed E-state index contributed by atoms with van der Waals surface area (Å²) in [4.78, 5) is 0. The second-order valence-electron chi connectivity index (χ2n) is 3.16. The molecule has 2 unspecified atom stereocenters. The van der Waals surface area contributed by atoms with Crippen molar-refractivity contribution in [3.8, 4) is 0 Å². The second kappa shape index (κ2) is 3.54. The molecule has 2 N–H and O–H groups in total. The van der Waals surface area contributed by atoms with Gasteiger partial charge in [-0.3, -0.25) is 0 Å². The Morgan fingerprint density at radius 3 is 3.17 bits per heavy atom. The lowest BCUT2D eigenvalue weighted by Gasteiger charge is -2.14. The zero-order valence-corrected chi connectivity index (χ0v) is 7.72. The third kappa shape index (κ3) is 1.52. The predicted molar refractivity (Wildman–Crippen MR) is 51.1 cm³/mol. The molecule has 1 aromatic rings. The fourth-order valence-corrected chi connectivity index (χ4v) is 2.86. The first-order chi connectivity index (χ1) is 5.88. The van der Waals surface area contributed by atoms with Crippen LogP contribution in [0.25, 0.3) is 0 Å². The molecule has 3 heteroatoms. The molecule has 0 amide bonds. The van der Waals surface area contributed by atoms with Crippen LogP contribution in [-0.4, -0.2) is 11.5 Å². The SMILES string of the molecule is NC(c1ccco1)C1CCSC1. The van der Waals surface area contributed by atoms with Crippen molar-refractivity contribution in [1.82, 2.24) is 0 Å². The number of nitrogens with two attached hydrogens (primary N) is 1. The monoisotopic (exact) mass is 183 g/mol. The van der Waals surface area contributed by atoms with Crippen LogP contribution >= 0.6 is 11.8 Å². The summed E-state index contributed by atoms with van der Waals surface area (Å²) in [6.45, 7) is 0. The molecule has 66 valence electrons. The summed E-state index contributed by atoms with van der Waals surface area (Å²) >= 11 is 1.99. The van der Waals surface area contributed by atoms with Gasteiger partial charge in [0.25, 0.3) is 0 Å². The number of thioether (sulfide) groups is 1. The van der Waals surface area contributed by atoms with Crippen molar-refractivity contribution in [1.29, 1.82) is 0 Å². The number of furan rings is 1. The maximum atomic E-state index is 6.04. The summed E-state index contributed by atoms with van der Waals surface area (Å²) in [6.07, 6.45) is 2.92. The molecule has 0 spiro atoms. The zero-order chi connectivity index (χ0) is 8.39. The Hall–Kier alpha value is -0.410. The van der Waals surface area contributed by atoms with Gasteiger partial charge in [-0.2, -0.15) is 11.8 Å². The predicted octanol–water partition coefficient (Wildman–Crippen LogP) is 2.03. The molecule has 12 heavy (non-hydrogen) atoms. The van der Waals surface area contributed by atoms with Gasteiger partial charge < -0.3 is 10.2 Å². The van der Waals surface area contributed by atoms with Crippen LogP contribution in [-0.2, 0) is 0 Å². The Morgan fingerprint density at radius 2 is 2.58 bits per heavy atom. The molecule has 0 saturated carbocycles. The summed E-state index contributed by atoms with van der Waals surface area (Å²) in [6, 6.07) is 3.97. The minimum atomic E-state index is 0.106. The Bertz CT molecular complexity index is 229. The quantitative estimate of drug-likeness (QED) is 0.762. The van der Waals surface area contributed by atoms with Crippen molar-refractivity contribution in [2.45, 2.75) is 12.5 Å². The maximum Gasteiger partial charge on any atom is 0.120 e. The normalized spacial score (nSPS) is 25.9. The highest BCUT2D eigenvalue weighted by atomic mass is 32.2. The van der Waals surface area contributed by atoms with Gasteiger partial charge >= 0.3 is 0 Å². The molecule has 1 fully saturated rings. The molecular weight excluding hydrogens is 170 g/mol. The van der Waals surface area contributed by atoms with Gasteiger partial charge in [0.1, 0.15) is 5.76 Å². The number of rotatable bonds is 2. The molecule has 2 atom stereocenters. The number of hydrogen-bond acceptors (Lipinski definition) is 3. The second-order valence-corrected chi connectivity index (χ2v) is 4.31. The highest BCUT2D eigenvalue weighted by molar-refractivity contribution is 7.99. The van der Waals surface area contributed by atoms with E-state index < -0.39 is 0 Å². The van der Waals surface area contributed by atoms with Crippen molar-refractivity contribution < 1.29 is 4.42 Å². The fourth-order valence-electron chi connectivity index (χ4n) is 1.55. The molecule has 0 aromatic carbocycles. The van der Waals surface area contributed by atoms with Gasteiger partial charge in [-0.15, -0.1) is 0 Å². The van der Waals surface area contributed by atoms with Gasteiger partial charge in [-0.05, 0) is 36.0 Å². The summed E-state index contributed by atoms with van der Waals surface area (Å²) in [7, 11) is 0. The maximum absolute atomic E-state index is 6.04. The van der Waals surface area contributed by atoms with E-state index in [9.17, 15) is 0 Å². The van der Waals surface area contributed by atoms with Crippen LogP contribution < -0.4 is 5.73 Å². The highest BCUT2D eigenvalue weighted by Gasteiger charge is 2.25. The van der Waals surface area contributed by atoms with Gasteiger partial charge in [-0.25, -0.2) is 0 Å². The minimum absolute atomic E-state index is 0.106. The molecule has 2 nitrogen and oxygen atoms in total. The fraction of sp³-hybridized carbons (Fsp3) is 0.556. The van der Waals surface area contributed by atoms with Crippen molar-refractivity contribution in [2.75, 3.05) is 11.5 Å². The first-order valence-corrected chi connectivity index (χ1v) is 5.40. The molecule has 1 aliphatic heterocycles. The van der Waals surface area contributed by atoms with Gasteiger partial charge in [0.2, 0.25) is 0 Å². The van der Waals surface area contributed by atoms with Crippen molar-refractivity contribution >= 4 is 11.8 Å². The molecule has 2 rings (SSSR count). The van der Waals surface area contributed by atoms with Crippen LogP contribution in [0.5, 0.6) is 0 Å². The number of hydrogen-bond donors (Lipinski definition) is 1. The average Bonchev–Trinajstić information content (AvgIpc) is 2.77. The van der Waals surface area contributed by atoms with Crippen molar-refractivity contribution in [2.24, 2.45) is 11.7 Å². The van der Waals surface area contributed by atoms with Crippen LogP contribution in [0.2, 0.25) is 0 Å². The standard InChI is InChI=1S/C9H13NOS/c10-9(7-3-5-12-6-7)8-2-1-4-11-8/h1-2,4,7,9H,3,5-6,10H2. The van der Waals surface area contributed by atoms with Crippen molar-refractivity contribution in [3.63, 3.8) is 0 Å². The minimum Gasteiger partial charge on any atom is -0.468 e. The van der Waals surface area contributed by atoms with Gasteiger partial charge in [0.15, 0.2) is 0 Å². The van der Waals surface area contributed by atoms with E-state index in [2.05, 4.69) is 0 Å². The van der Waals surface area contributed by atoms with Crippen LogP contribution in [0.4, 0.5) is 0 Å². The Labute approximate surface area is 76.5 Å². The molecule has 0 radical (unpaired) electrons. The van der Waals surface area contributed by atoms with E-state index in [1.54, 1.807) is 6.26 Å². The zero-order valence-electron chi connectivity index (χ0n) is 6.90. The summed E-state index contributed by atoms with van der Waals surface area (Å²) < 4.78 is 5.27.